The molecule has 1 heterocycles. The maximum absolute atomic E-state index is 11.8. The maximum atomic E-state index is 11.8. The highest BCUT2D eigenvalue weighted by atomic mass is 16.5. The fraction of sp³-hybridized carbons (Fsp3) is 0.333. The second-order valence-electron chi connectivity index (χ2n) is 5.02. The van der Waals surface area contributed by atoms with Crippen LogP contribution in [0.25, 0.3) is 0 Å². The van der Waals surface area contributed by atoms with E-state index in [2.05, 4.69) is 9.97 Å². The van der Waals surface area contributed by atoms with E-state index in [1.54, 1.807) is 14.2 Å². The Balaban J connectivity index is 2.48. The first-order valence-corrected chi connectivity index (χ1v) is 6.69. The minimum atomic E-state index is -0.521. The van der Waals surface area contributed by atoms with Crippen LogP contribution in [0, 0.1) is 0 Å². The predicted molar refractivity (Wildman–Crippen MR) is 84.4 cm³/mol. The van der Waals surface area contributed by atoms with Gasteiger partial charge in [0.15, 0.2) is 0 Å². The normalized spacial score (nSPS) is 10.4. The number of H-pyrrole nitrogens is 2. The van der Waals surface area contributed by atoms with Crippen molar-refractivity contribution in [3.05, 3.63) is 50.3 Å². The van der Waals surface area contributed by atoms with Crippen LogP contribution in [0.3, 0.4) is 0 Å². The molecule has 0 unspecified atom stereocenters. The molecule has 0 saturated carbocycles. The monoisotopic (exact) mass is 305 g/mol. The van der Waals surface area contributed by atoms with E-state index in [0.29, 0.717) is 23.5 Å². The third kappa shape index (κ3) is 3.13. The number of hydrogen-bond acceptors (Lipinski definition) is 5. The first kappa shape index (κ1) is 15.7. The highest BCUT2D eigenvalue weighted by Crippen LogP contribution is 2.38. The first-order valence-electron chi connectivity index (χ1n) is 6.69. The second kappa shape index (κ2) is 6.38. The molecule has 7 nitrogen and oxygen atoms in total. The Morgan fingerprint density at radius 3 is 2.14 bits per heavy atom. The smallest absolute Gasteiger partial charge is 0.325 e. The van der Waals surface area contributed by atoms with Gasteiger partial charge in [-0.3, -0.25) is 9.78 Å². The van der Waals surface area contributed by atoms with Gasteiger partial charge in [0.05, 0.1) is 14.2 Å². The number of ether oxygens (including phenoxy) is 2. The standard InChI is InChI=1S/C15H19N3O4/c1-18(2)13-11(21-3)6-9(7-12(13)22-4)5-10-8-16-15(20)17-14(10)19/h6-8H,5H2,1-4H3,(H2,16,17,19,20). The molecule has 2 N–H and O–H groups in total. The molecule has 22 heavy (non-hydrogen) atoms. The zero-order valence-corrected chi connectivity index (χ0v) is 13.0. The molecule has 7 heteroatoms. The molecule has 0 bridgehead atoms. The zero-order valence-electron chi connectivity index (χ0n) is 13.0. The number of nitrogens with one attached hydrogen (secondary N) is 2. The largest absolute Gasteiger partial charge is 0.494 e. The highest BCUT2D eigenvalue weighted by Gasteiger charge is 2.15. The van der Waals surface area contributed by atoms with Crippen LogP contribution in [-0.2, 0) is 6.42 Å². The van der Waals surface area contributed by atoms with Gasteiger partial charge in [0.2, 0.25) is 0 Å². The summed E-state index contributed by atoms with van der Waals surface area (Å²) < 4.78 is 10.8. The van der Waals surface area contributed by atoms with E-state index in [0.717, 1.165) is 11.3 Å². The minimum absolute atomic E-state index is 0.354. The van der Waals surface area contributed by atoms with E-state index < -0.39 is 11.2 Å². The van der Waals surface area contributed by atoms with Crippen molar-refractivity contribution in [2.75, 3.05) is 33.2 Å². The van der Waals surface area contributed by atoms with Crippen LogP contribution in [0.15, 0.2) is 27.9 Å². The Morgan fingerprint density at radius 1 is 1.09 bits per heavy atom. The molecule has 2 rings (SSSR count). The van der Waals surface area contributed by atoms with E-state index in [9.17, 15) is 9.59 Å². The predicted octanol–water partition coefficient (Wildman–Crippen LogP) is 0.737. The van der Waals surface area contributed by atoms with Crippen LogP contribution in [0.2, 0.25) is 0 Å². The van der Waals surface area contributed by atoms with Crippen LogP contribution in [0.1, 0.15) is 11.1 Å². The molecule has 2 aromatic rings. The van der Waals surface area contributed by atoms with Gasteiger partial charge >= 0.3 is 5.69 Å². The van der Waals surface area contributed by atoms with Crippen molar-refractivity contribution >= 4 is 5.69 Å². The van der Waals surface area contributed by atoms with Crippen molar-refractivity contribution in [1.82, 2.24) is 9.97 Å². The fourth-order valence-corrected chi connectivity index (χ4v) is 2.28. The van der Waals surface area contributed by atoms with E-state index in [4.69, 9.17) is 9.47 Å². The third-order valence-corrected chi connectivity index (χ3v) is 3.28. The van der Waals surface area contributed by atoms with Crippen molar-refractivity contribution in [3.8, 4) is 11.5 Å². The van der Waals surface area contributed by atoms with E-state index >= 15 is 0 Å². The van der Waals surface area contributed by atoms with Gasteiger partial charge in [0.25, 0.3) is 5.56 Å². The minimum Gasteiger partial charge on any atom is -0.494 e. The Hall–Kier alpha value is -2.70. The summed E-state index contributed by atoms with van der Waals surface area (Å²) in [7, 11) is 6.95. The zero-order chi connectivity index (χ0) is 16.3. The number of rotatable bonds is 5. The van der Waals surface area contributed by atoms with Gasteiger partial charge in [-0.05, 0) is 17.7 Å². The van der Waals surface area contributed by atoms with Gasteiger partial charge in [0, 0.05) is 32.3 Å². The molecule has 1 aromatic heterocycles. The molecule has 0 fully saturated rings. The SMILES string of the molecule is COc1cc(Cc2c[nH]c(=O)[nH]c2=O)cc(OC)c1N(C)C. The van der Waals surface area contributed by atoms with Crippen LogP contribution in [-0.4, -0.2) is 38.3 Å². The Morgan fingerprint density at radius 2 is 1.68 bits per heavy atom. The van der Waals surface area contributed by atoms with Crippen molar-refractivity contribution in [2.24, 2.45) is 0 Å². The molecular formula is C15H19N3O4. The lowest BCUT2D eigenvalue weighted by Gasteiger charge is -2.21. The van der Waals surface area contributed by atoms with Crippen molar-refractivity contribution in [3.63, 3.8) is 0 Å². The number of methoxy groups -OCH3 is 2. The van der Waals surface area contributed by atoms with Crippen molar-refractivity contribution in [2.45, 2.75) is 6.42 Å². The highest BCUT2D eigenvalue weighted by molar-refractivity contribution is 5.68. The average molecular weight is 305 g/mol. The third-order valence-electron chi connectivity index (χ3n) is 3.28. The summed E-state index contributed by atoms with van der Waals surface area (Å²) in [6.45, 7) is 0. The van der Waals surface area contributed by atoms with Gasteiger partial charge in [0.1, 0.15) is 17.2 Å². The summed E-state index contributed by atoms with van der Waals surface area (Å²) in [5.41, 5.74) is 1.20. The number of aromatic nitrogens is 2. The molecule has 0 aliphatic rings. The maximum Gasteiger partial charge on any atom is 0.325 e. The molecular weight excluding hydrogens is 286 g/mol. The summed E-state index contributed by atoms with van der Waals surface area (Å²) in [5, 5.41) is 0. The van der Waals surface area contributed by atoms with Gasteiger partial charge in [-0.1, -0.05) is 0 Å². The number of benzene rings is 1. The Bertz CT molecular complexity index is 752. The van der Waals surface area contributed by atoms with E-state index in [1.165, 1.54) is 6.20 Å². The molecule has 0 atom stereocenters. The molecule has 0 amide bonds. The lowest BCUT2D eigenvalue weighted by Crippen LogP contribution is -2.24. The molecule has 118 valence electrons. The number of anilines is 1. The van der Waals surface area contributed by atoms with Crippen LogP contribution < -0.4 is 25.6 Å². The van der Waals surface area contributed by atoms with Crippen molar-refractivity contribution < 1.29 is 9.47 Å². The van der Waals surface area contributed by atoms with Gasteiger partial charge in [-0.25, -0.2) is 4.79 Å². The summed E-state index contributed by atoms with van der Waals surface area (Å²) in [4.78, 5) is 29.4. The molecule has 0 aliphatic heterocycles. The van der Waals surface area contributed by atoms with Crippen LogP contribution >= 0.6 is 0 Å². The fourth-order valence-electron chi connectivity index (χ4n) is 2.28. The Kier molecular flexibility index (Phi) is 4.55. The van der Waals surface area contributed by atoms with Crippen LogP contribution in [0.5, 0.6) is 11.5 Å². The van der Waals surface area contributed by atoms with Crippen molar-refractivity contribution in [1.29, 1.82) is 0 Å². The molecule has 0 radical (unpaired) electrons. The number of nitrogens with zero attached hydrogens (tertiary/aromatic N) is 1. The molecule has 0 saturated heterocycles. The van der Waals surface area contributed by atoms with Gasteiger partial charge in [-0.15, -0.1) is 0 Å². The summed E-state index contributed by atoms with van der Waals surface area (Å²) >= 11 is 0. The topological polar surface area (TPSA) is 87.4 Å². The quantitative estimate of drug-likeness (QED) is 0.850. The molecule has 0 aliphatic carbocycles. The Labute approximate surface area is 127 Å². The van der Waals surface area contributed by atoms with E-state index in [-0.39, 0.29) is 0 Å². The lowest BCUT2D eigenvalue weighted by molar-refractivity contribution is 0.395. The first-order chi connectivity index (χ1) is 10.5. The lowest BCUT2D eigenvalue weighted by atomic mass is 10.1. The average Bonchev–Trinajstić information content (AvgIpc) is 2.48. The number of hydrogen-bond donors (Lipinski definition) is 2. The summed E-state index contributed by atoms with van der Waals surface area (Å²) in [6, 6.07) is 3.70. The molecule has 0 spiro atoms. The molecule has 1 aromatic carbocycles. The van der Waals surface area contributed by atoms with Gasteiger partial charge < -0.3 is 19.4 Å². The number of aromatic amines is 2. The summed E-state index contributed by atoms with van der Waals surface area (Å²) in [5.74, 6) is 1.31. The van der Waals surface area contributed by atoms with Gasteiger partial charge in [-0.2, -0.15) is 0 Å². The summed E-state index contributed by atoms with van der Waals surface area (Å²) in [6.07, 6.45) is 1.77. The van der Waals surface area contributed by atoms with E-state index in [1.807, 2.05) is 31.1 Å². The van der Waals surface area contributed by atoms with Crippen LogP contribution in [0.4, 0.5) is 5.69 Å². The second-order valence-corrected chi connectivity index (χ2v) is 5.02.